The van der Waals surface area contributed by atoms with Crippen molar-refractivity contribution in [3.05, 3.63) is 118 Å². The van der Waals surface area contributed by atoms with Gasteiger partial charge in [0.1, 0.15) is 20.6 Å². The van der Waals surface area contributed by atoms with Gasteiger partial charge in [0.2, 0.25) is 0 Å². The van der Waals surface area contributed by atoms with Crippen molar-refractivity contribution >= 4 is 72.9 Å². The van der Waals surface area contributed by atoms with E-state index in [1.165, 1.54) is 17.0 Å². The second-order valence-electron chi connectivity index (χ2n) is 8.82. The summed E-state index contributed by atoms with van der Waals surface area (Å²) in [6, 6.07) is 4.63. The van der Waals surface area contributed by atoms with E-state index in [-0.39, 0.29) is 41.8 Å². The predicted octanol–water partition coefficient (Wildman–Crippen LogP) is 10.4. The SMILES string of the molecule is Cc1cn(-c2cc(N)cc(C(F)(F)F)c2)cn1.I.O=[N+]([O-])c1cc(F)cc(C(F)(F)F)c1Br.O=[N+]([O-])c1cc(F)cc(C(F)(F)F)c1Br. The summed E-state index contributed by atoms with van der Waals surface area (Å²) >= 11 is 4.85. The van der Waals surface area contributed by atoms with Crippen LogP contribution in [0, 0.1) is 38.8 Å². The smallest absolute Gasteiger partial charge is 0.399 e. The zero-order valence-corrected chi connectivity index (χ0v) is 28.5. The third-order valence-corrected chi connectivity index (χ3v) is 6.98. The lowest BCUT2D eigenvalue weighted by Gasteiger charge is -2.10. The summed E-state index contributed by atoms with van der Waals surface area (Å²) in [7, 11) is 0. The van der Waals surface area contributed by atoms with Crippen LogP contribution in [0.3, 0.4) is 0 Å². The summed E-state index contributed by atoms with van der Waals surface area (Å²) < 4.78 is 137. The number of nitrogens with zero attached hydrogens (tertiary/aromatic N) is 4. The topological polar surface area (TPSA) is 130 Å². The number of alkyl halides is 9. The van der Waals surface area contributed by atoms with Gasteiger partial charge in [-0.05, 0) is 69.1 Å². The molecular formula is C25H15Br2F11IN5O4. The van der Waals surface area contributed by atoms with Gasteiger partial charge in [-0.1, -0.05) is 0 Å². The van der Waals surface area contributed by atoms with E-state index in [0.29, 0.717) is 17.8 Å². The van der Waals surface area contributed by atoms with Crippen molar-refractivity contribution in [2.75, 3.05) is 5.73 Å². The minimum absolute atomic E-state index is 0. The molecule has 0 spiro atoms. The van der Waals surface area contributed by atoms with Gasteiger partial charge in [-0.2, -0.15) is 39.5 Å². The predicted molar refractivity (Wildman–Crippen MR) is 165 cm³/mol. The van der Waals surface area contributed by atoms with Crippen LogP contribution in [-0.2, 0) is 18.5 Å². The number of imidazole rings is 1. The Hall–Kier alpha value is -3.61. The molecule has 0 saturated heterocycles. The van der Waals surface area contributed by atoms with Crippen molar-refractivity contribution in [2.45, 2.75) is 25.5 Å². The van der Waals surface area contributed by atoms with Gasteiger partial charge in [0.05, 0.1) is 50.7 Å². The molecule has 0 saturated carbocycles. The lowest BCUT2D eigenvalue weighted by molar-refractivity contribution is -0.386. The number of nitro groups is 2. The molecule has 1 aromatic heterocycles. The Bertz CT molecular complexity index is 1720. The molecule has 23 heteroatoms. The third-order valence-electron chi connectivity index (χ3n) is 5.32. The van der Waals surface area contributed by atoms with Crippen molar-refractivity contribution in [3.63, 3.8) is 0 Å². The molecule has 262 valence electrons. The van der Waals surface area contributed by atoms with Gasteiger partial charge in [-0.3, -0.25) is 20.2 Å². The van der Waals surface area contributed by atoms with Gasteiger partial charge in [0, 0.05) is 17.6 Å². The Morgan fingerprint density at radius 3 is 1.46 bits per heavy atom. The summed E-state index contributed by atoms with van der Waals surface area (Å²) in [4.78, 5) is 22.4. The second-order valence-corrected chi connectivity index (χ2v) is 10.4. The summed E-state index contributed by atoms with van der Waals surface area (Å²) in [5.74, 6) is -2.62. The first kappa shape index (κ1) is 42.4. The van der Waals surface area contributed by atoms with Gasteiger partial charge in [0.25, 0.3) is 11.4 Å². The minimum Gasteiger partial charge on any atom is -0.399 e. The number of anilines is 1. The average molecular weight is 945 g/mol. The summed E-state index contributed by atoms with van der Waals surface area (Å²) in [6.07, 6.45) is -11.0. The number of hydrogen-bond acceptors (Lipinski definition) is 6. The molecule has 4 rings (SSSR count). The van der Waals surface area contributed by atoms with E-state index in [2.05, 4.69) is 36.8 Å². The Labute approximate surface area is 294 Å². The van der Waals surface area contributed by atoms with Crippen molar-refractivity contribution in [2.24, 2.45) is 0 Å². The molecule has 0 amide bonds. The number of aromatic nitrogens is 2. The van der Waals surface area contributed by atoms with Crippen molar-refractivity contribution < 1.29 is 58.1 Å². The van der Waals surface area contributed by atoms with Crippen LogP contribution in [-0.4, -0.2) is 19.4 Å². The molecule has 0 unspecified atom stereocenters. The number of aryl methyl sites for hydroxylation is 1. The molecule has 0 atom stereocenters. The van der Waals surface area contributed by atoms with Crippen LogP contribution in [0.4, 0.5) is 65.4 Å². The number of hydrogen-bond donors (Lipinski definition) is 1. The Morgan fingerprint density at radius 1 is 0.729 bits per heavy atom. The van der Waals surface area contributed by atoms with Crippen LogP contribution < -0.4 is 5.73 Å². The first-order valence-electron chi connectivity index (χ1n) is 11.7. The largest absolute Gasteiger partial charge is 0.417 e. The highest BCUT2D eigenvalue weighted by Crippen LogP contribution is 2.41. The van der Waals surface area contributed by atoms with Crippen LogP contribution in [0.5, 0.6) is 0 Å². The molecule has 9 nitrogen and oxygen atoms in total. The normalized spacial score (nSPS) is 11.4. The Kier molecular flexibility index (Phi) is 14.3. The quantitative estimate of drug-likeness (QED) is 0.0716. The number of rotatable bonds is 3. The van der Waals surface area contributed by atoms with E-state index < -0.39 is 77.0 Å². The van der Waals surface area contributed by atoms with E-state index >= 15 is 0 Å². The van der Waals surface area contributed by atoms with Crippen molar-refractivity contribution in [1.29, 1.82) is 0 Å². The van der Waals surface area contributed by atoms with E-state index in [4.69, 9.17) is 5.73 Å². The highest BCUT2D eigenvalue weighted by atomic mass is 127. The van der Waals surface area contributed by atoms with Crippen LogP contribution in [0.1, 0.15) is 22.4 Å². The molecule has 2 N–H and O–H groups in total. The van der Waals surface area contributed by atoms with E-state index in [0.717, 1.165) is 17.8 Å². The maximum Gasteiger partial charge on any atom is 0.417 e. The molecule has 1 heterocycles. The molecule has 0 aliphatic carbocycles. The number of nitro benzene ring substituents is 2. The zero-order chi connectivity index (χ0) is 36.2. The molecule has 0 aliphatic heterocycles. The molecule has 0 aliphatic rings. The van der Waals surface area contributed by atoms with E-state index in [1.54, 1.807) is 13.1 Å². The molecule has 3 aromatic carbocycles. The minimum atomic E-state index is -4.84. The Morgan fingerprint density at radius 2 is 1.15 bits per heavy atom. The van der Waals surface area contributed by atoms with E-state index in [9.17, 15) is 68.5 Å². The lowest BCUT2D eigenvalue weighted by Crippen LogP contribution is -2.08. The van der Waals surface area contributed by atoms with Gasteiger partial charge in [-0.25, -0.2) is 13.8 Å². The van der Waals surface area contributed by atoms with Crippen LogP contribution in [0.25, 0.3) is 5.69 Å². The van der Waals surface area contributed by atoms with Crippen molar-refractivity contribution in [3.8, 4) is 5.69 Å². The van der Waals surface area contributed by atoms with Crippen LogP contribution >= 0.6 is 55.8 Å². The molecule has 48 heavy (non-hydrogen) atoms. The highest BCUT2D eigenvalue weighted by molar-refractivity contribution is 14.0. The number of nitrogens with two attached hydrogens (primary N) is 1. The summed E-state index contributed by atoms with van der Waals surface area (Å²) in [5, 5.41) is 20.6. The first-order chi connectivity index (χ1) is 21.3. The maximum atomic E-state index is 12.7. The highest BCUT2D eigenvalue weighted by Gasteiger charge is 2.38. The van der Waals surface area contributed by atoms with Gasteiger partial charge >= 0.3 is 18.5 Å². The maximum absolute atomic E-state index is 12.7. The fraction of sp³-hybridized carbons (Fsp3) is 0.160. The second kappa shape index (κ2) is 16.2. The number of nitrogen functional groups attached to an aromatic ring is 1. The van der Waals surface area contributed by atoms with Crippen LogP contribution in [0.2, 0.25) is 0 Å². The lowest BCUT2D eigenvalue weighted by atomic mass is 10.1. The van der Waals surface area contributed by atoms with Crippen LogP contribution in [0.15, 0.2) is 63.9 Å². The fourth-order valence-corrected chi connectivity index (χ4v) is 4.53. The van der Waals surface area contributed by atoms with Gasteiger partial charge in [-0.15, -0.1) is 24.0 Å². The zero-order valence-electron chi connectivity index (χ0n) is 23.0. The molecular weight excluding hydrogens is 930 g/mol. The molecule has 0 bridgehead atoms. The fourth-order valence-electron chi connectivity index (χ4n) is 3.34. The summed E-state index contributed by atoms with van der Waals surface area (Å²) in [5.41, 5.74) is 1.11. The third kappa shape index (κ3) is 11.5. The first-order valence-corrected chi connectivity index (χ1v) is 13.3. The monoisotopic (exact) mass is 943 g/mol. The van der Waals surface area contributed by atoms with Gasteiger partial charge < -0.3 is 10.3 Å². The number of benzene rings is 3. The molecule has 0 radical (unpaired) electrons. The van der Waals surface area contributed by atoms with E-state index in [1.807, 2.05) is 0 Å². The molecule has 0 fully saturated rings. The summed E-state index contributed by atoms with van der Waals surface area (Å²) in [6.45, 7) is 1.76. The standard InChI is InChI=1S/C11H10F3N3.2C7H2BrF4NO2.HI/c1-7-5-17(6-16-7)10-3-8(11(12,13)14)2-9(15)4-10;2*8-6-4(7(10,11)12)1-3(9)2-5(6)13(14)15;/h2-6H,15H2,1H3;2*1-2H;1H. The Balaban J connectivity index is 0.000000358. The average Bonchev–Trinajstić information content (AvgIpc) is 3.35. The molecule has 4 aromatic rings. The number of halogens is 14. The van der Waals surface area contributed by atoms with Crippen molar-refractivity contribution in [1.82, 2.24) is 9.55 Å². The van der Waals surface area contributed by atoms with Gasteiger partial charge in [0.15, 0.2) is 0 Å².